The lowest BCUT2D eigenvalue weighted by Gasteiger charge is -2.34. The summed E-state index contributed by atoms with van der Waals surface area (Å²) in [6, 6.07) is 10.2. The van der Waals surface area contributed by atoms with E-state index in [4.69, 9.17) is 19.2 Å². The molecular formula is C25H33N3O4. The number of carbonyl (C=O) groups excluding carboxylic acids is 1. The maximum Gasteiger partial charge on any atom is 0.220 e. The third-order valence-electron chi connectivity index (χ3n) is 6.68. The highest BCUT2D eigenvalue weighted by Crippen LogP contribution is 2.42. The Hall–Kier alpha value is -2.80. The van der Waals surface area contributed by atoms with E-state index in [1.54, 1.807) is 21.3 Å². The Morgan fingerprint density at radius 1 is 1.12 bits per heavy atom. The summed E-state index contributed by atoms with van der Waals surface area (Å²) in [4.78, 5) is 19.8. The Kier molecular flexibility index (Phi) is 6.55. The molecule has 0 aliphatic carbocycles. The molecule has 2 aromatic rings. The van der Waals surface area contributed by atoms with E-state index in [0.717, 1.165) is 55.8 Å². The van der Waals surface area contributed by atoms with E-state index in [1.165, 1.54) is 0 Å². The number of methoxy groups -OCH3 is 3. The normalized spacial score (nSPS) is 23.6. The van der Waals surface area contributed by atoms with Crippen LogP contribution in [0.5, 0.6) is 17.2 Å². The van der Waals surface area contributed by atoms with Crippen LogP contribution in [0.1, 0.15) is 48.6 Å². The smallest absolute Gasteiger partial charge is 0.220 e. The minimum Gasteiger partial charge on any atom is -0.493 e. The highest BCUT2D eigenvalue weighted by molar-refractivity contribution is 5.77. The van der Waals surface area contributed by atoms with Gasteiger partial charge in [0.2, 0.25) is 11.7 Å². The fourth-order valence-corrected chi connectivity index (χ4v) is 5.26. The second-order valence-electron chi connectivity index (χ2n) is 8.87. The van der Waals surface area contributed by atoms with Gasteiger partial charge in [0.05, 0.1) is 26.9 Å². The maximum absolute atomic E-state index is 12.6. The quantitative estimate of drug-likeness (QED) is 0.743. The van der Waals surface area contributed by atoms with E-state index in [0.29, 0.717) is 23.7 Å². The van der Waals surface area contributed by atoms with Crippen molar-refractivity contribution in [3.05, 3.63) is 47.3 Å². The van der Waals surface area contributed by atoms with Gasteiger partial charge in [-0.25, -0.2) is 0 Å². The van der Waals surface area contributed by atoms with Crippen LogP contribution in [-0.4, -0.2) is 55.7 Å². The number of aryl methyl sites for hydroxylation is 1. The molecule has 1 N–H and O–H groups in total. The van der Waals surface area contributed by atoms with Crippen LogP contribution in [0.4, 0.5) is 0 Å². The predicted molar refractivity (Wildman–Crippen MR) is 122 cm³/mol. The first-order chi connectivity index (χ1) is 15.5. The van der Waals surface area contributed by atoms with Crippen molar-refractivity contribution in [1.82, 2.24) is 15.2 Å². The molecule has 2 aliphatic rings. The zero-order valence-corrected chi connectivity index (χ0v) is 19.4. The second kappa shape index (κ2) is 9.36. The van der Waals surface area contributed by atoms with Crippen molar-refractivity contribution in [2.75, 3.05) is 34.4 Å². The van der Waals surface area contributed by atoms with Gasteiger partial charge in [-0.05, 0) is 49.6 Å². The number of hydrogen-bond donors (Lipinski definition) is 1. The molecule has 7 heteroatoms. The third-order valence-corrected chi connectivity index (χ3v) is 6.68. The summed E-state index contributed by atoms with van der Waals surface area (Å²) in [5.41, 5.74) is 2.84. The maximum atomic E-state index is 12.6. The van der Waals surface area contributed by atoms with E-state index in [2.05, 4.69) is 22.3 Å². The Bertz CT molecular complexity index is 954. The second-order valence-corrected chi connectivity index (χ2v) is 8.87. The van der Waals surface area contributed by atoms with Crippen molar-refractivity contribution in [1.29, 1.82) is 0 Å². The molecule has 1 aromatic heterocycles. The van der Waals surface area contributed by atoms with Crippen molar-refractivity contribution in [2.24, 2.45) is 0 Å². The molecule has 1 spiro atoms. The zero-order valence-electron chi connectivity index (χ0n) is 19.4. The molecule has 2 fully saturated rings. The molecule has 0 saturated carbocycles. The molecule has 4 rings (SSSR count). The summed E-state index contributed by atoms with van der Waals surface area (Å²) in [7, 11) is 4.87. The molecule has 1 aromatic carbocycles. The van der Waals surface area contributed by atoms with Gasteiger partial charge in [-0.15, -0.1) is 0 Å². The number of nitrogens with zero attached hydrogens (tertiary/aromatic N) is 2. The fourth-order valence-electron chi connectivity index (χ4n) is 5.26. The van der Waals surface area contributed by atoms with Gasteiger partial charge in [0.15, 0.2) is 11.5 Å². The number of likely N-dealkylation sites (tertiary alicyclic amines) is 1. The number of rotatable bonds is 6. The first-order valence-electron chi connectivity index (χ1n) is 11.2. The molecule has 2 saturated heterocycles. The fraction of sp³-hybridized carbons (Fsp3) is 0.520. The SMILES string of the molecule is COc1cc(CN2C[C@@H](c3cccc(C)n3)[C@@]3(CCCCC(=O)N3)C2)cc(OC)c1OC. The van der Waals surface area contributed by atoms with Crippen molar-refractivity contribution < 1.29 is 19.0 Å². The van der Waals surface area contributed by atoms with Crippen LogP contribution < -0.4 is 19.5 Å². The summed E-state index contributed by atoms with van der Waals surface area (Å²) in [5.74, 6) is 2.18. The summed E-state index contributed by atoms with van der Waals surface area (Å²) in [5, 5.41) is 3.41. The Labute approximate surface area is 190 Å². The van der Waals surface area contributed by atoms with Gasteiger partial charge < -0.3 is 19.5 Å². The van der Waals surface area contributed by atoms with Crippen LogP contribution in [0.3, 0.4) is 0 Å². The molecule has 7 nitrogen and oxygen atoms in total. The third kappa shape index (κ3) is 4.39. The number of ether oxygens (including phenoxy) is 3. The number of amides is 1. The number of pyridine rings is 1. The van der Waals surface area contributed by atoms with E-state index in [-0.39, 0.29) is 17.4 Å². The molecule has 2 atom stereocenters. The van der Waals surface area contributed by atoms with Gasteiger partial charge in [0.25, 0.3) is 0 Å². The molecule has 3 heterocycles. The Morgan fingerprint density at radius 3 is 2.53 bits per heavy atom. The van der Waals surface area contributed by atoms with Crippen molar-refractivity contribution in [2.45, 2.75) is 50.6 Å². The van der Waals surface area contributed by atoms with E-state index >= 15 is 0 Å². The number of benzene rings is 1. The number of hydrogen-bond acceptors (Lipinski definition) is 6. The predicted octanol–water partition coefficient (Wildman–Crippen LogP) is 3.44. The lowest BCUT2D eigenvalue weighted by molar-refractivity contribution is -0.122. The lowest BCUT2D eigenvalue weighted by Crippen LogP contribution is -2.52. The van der Waals surface area contributed by atoms with Gasteiger partial charge >= 0.3 is 0 Å². The monoisotopic (exact) mass is 439 g/mol. The number of carbonyl (C=O) groups is 1. The highest BCUT2D eigenvalue weighted by Gasteiger charge is 2.49. The number of nitrogens with one attached hydrogen (secondary N) is 1. The van der Waals surface area contributed by atoms with E-state index < -0.39 is 0 Å². The molecule has 0 bridgehead atoms. The minimum atomic E-state index is -0.297. The van der Waals surface area contributed by atoms with Crippen LogP contribution >= 0.6 is 0 Å². The average molecular weight is 440 g/mol. The van der Waals surface area contributed by atoms with E-state index in [1.807, 2.05) is 25.1 Å². The van der Waals surface area contributed by atoms with Crippen LogP contribution in [0, 0.1) is 6.92 Å². The molecule has 0 radical (unpaired) electrons. The van der Waals surface area contributed by atoms with Gasteiger partial charge in [-0.1, -0.05) is 12.5 Å². The summed E-state index contributed by atoms with van der Waals surface area (Å²) in [6.45, 7) is 4.35. The molecular weight excluding hydrogens is 406 g/mol. The molecule has 172 valence electrons. The van der Waals surface area contributed by atoms with Crippen molar-refractivity contribution >= 4 is 5.91 Å². The van der Waals surface area contributed by atoms with Crippen molar-refractivity contribution in [3.8, 4) is 17.2 Å². The van der Waals surface area contributed by atoms with Gasteiger partial charge in [-0.2, -0.15) is 0 Å². The summed E-state index contributed by atoms with van der Waals surface area (Å²) in [6.07, 6.45) is 3.54. The highest BCUT2D eigenvalue weighted by atomic mass is 16.5. The van der Waals surface area contributed by atoms with Crippen LogP contribution in [0.2, 0.25) is 0 Å². The van der Waals surface area contributed by atoms with Crippen LogP contribution in [-0.2, 0) is 11.3 Å². The Morgan fingerprint density at radius 2 is 1.88 bits per heavy atom. The minimum absolute atomic E-state index is 0.145. The molecule has 2 aliphatic heterocycles. The zero-order chi connectivity index (χ0) is 22.7. The van der Waals surface area contributed by atoms with Crippen molar-refractivity contribution in [3.63, 3.8) is 0 Å². The van der Waals surface area contributed by atoms with Crippen LogP contribution in [0.15, 0.2) is 30.3 Å². The lowest BCUT2D eigenvalue weighted by atomic mass is 9.81. The molecule has 1 amide bonds. The first-order valence-corrected chi connectivity index (χ1v) is 11.2. The first kappa shape index (κ1) is 22.4. The summed E-state index contributed by atoms with van der Waals surface area (Å²) < 4.78 is 16.5. The number of aromatic nitrogens is 1. The van der Waals surface area contributed by atoms with Gasteiger partial charge in [0, 0.05) is 43.4 Å². The van der Waals surface area contributed by atoms with Gasteiger partial charge in [0.1, 0.15) is 0 Å². The molecule has 0 unspecified atom stereocenters. The van der Waals surface area contributed by atoms with E-state index in [9.17, 15) is 4.79 Å². The standard InChI is InChI=1S/C25H33N3O4/c1-17-8-7-9-20(26-17)19-15-28(16-25(19)11-6-5-10-23(29)27-25)14-18-12-21(30-2)24(32-4)22(13-18)31-3/h7-9,12-13,19H,5-6,10-11,14-16H2,1-4H3,(H,27,29)/t19-,25+/m0/s1. The Balaban J connectivity index is 1.66. The summed E-state index contributed by atoms with van der Waals surface area (Å²) >= 11 is 0. The van der Waals surface area contributed by atoms with Gasteiger partial charge in [-0.3, -0.25) is 14.7 Å². The largest absolute Gasteiger partial charge is 0.493 e. The topological polar surface area (TPSA) is 72.9 Å². The van der Waals surface area contributed by atoms with Crippen LogP contribution in [0.25, 0.3) is 0 Å². The average Bonchev–Trinajstić information content (AvgIpc) is 3.01. The molecule has 32 heavy (non-hydrogen) atoms.